The number of hydrogen-bond donors (Lipinski definition) is 1. The molecular formula is C15H18N2O2S. The van der Waals surface area contributed by atoms with Gasteiger partial charge in [-0.05, 0) is 13.3 Å². The molecule has 1 aromatic rings. The molecule has 3 rings (SSSR count). The van der Waals surface area contributed by atoms with Crippen LogP contribution in [0.15, 0.2) is 35.3 Å². The maximum atomic E-state index is 12.4. The van der Waals surface area contributed by atoms with Crippen LogP contribution in [-0.2, 0) is 4.79 Å². The van der Waals surface area contributed by atoms with Gasteiger partial charge in [0, 0.05) is 24.4 Å². The number of carbonyl (C=O) groups is 1. The second-order valence-corrected chi connectivity index (χ2v) is 6.64. The van der Waals surface area contributed by atoms with Gasteiger partial charge in [-0.1, -0.05) is 30.3 Å². The number of β-amino-alcohol motifs (C(OH)–C–C–N with tert-alkyl or cyclic N) is 1. The van der Waals surface area contributed by atoms with E-state index in [-0.39, 0.29) is 11.9 Å². The molecule has 0 spiro atoms. The van der Waals surface area contributed by atoms with Crippen molar-refractivity contribution in [1.29, 1.82) is 0 Å². The Kier molecular flexibility index (Phi) is 3.56. The third kappa shape index (κ3) is 2.74. The van der Waals surface area contributed by atoms with Crippen molar-refractivity contribution in [1.82, 2.24) is 4.90 Å². The van der Waals surface area contributed by atoms with Crippen LogP contribution in [0, 0.1) is 0 Å². The average Bonchev–Trinajstić information content (AvgIpc) is 3.05. The van der Waals surface area contributed by atoms with Crippen molar-refractivity contribution in [2.24, 2.45) is 4.99 Å². The monoisotopic (exact) mass is 290 g/mol. The lowest BCUT2D eigenvalue weighted by atomic mass is 10.1. The summed E-state index contributed by atoms with van der Waals surface area (Å²) >= 11 is 1.63. The highest BCUT2D eigenvalue weighted by atomic mass is 32.2. The largest absolute Gasteiger partial charge is 0.388 e. The van der Waals surface area contributed by atoms with Gasteiger partial charge in [-0.2, -0.15) is 0 Å². The number of nitrogens with zero attached hydrogens (tertiary/aromatic N) is 2. The summed E-state index contributed by atoms with van der Waals surface area (Å²) in [7, 11) is 0. The molecule has 2 aliphatic rings. The standard InChI is InChI=1S/C15H18N2O2S/c1-15(19)7-8-17(10-15)14(18)12-9-20-13(16-12)11-5-3-2-4-6-11/h2-6,12,19H,7-10H2,1H3. The van der Waals surface area contributed by atoms with E-state index in [1.54, 1.807) is 23.6 Å². The Morgan fingerprint density at radius 3 is 2.85 bits per heavy atom. The van der Waals surface area contributed by atoms with Gasteiger partial charge in [-0.25, -0.2) is 0 Å². The predicted molar refractivity (Wildman–Crippen MR) is 81.0 cm³/mol. The number of amides is 1. The van der Waals surface area contributed by atoms with Crippen molar-refractivity contribution >= 4 is 22.7 Å². The first-order valence-corrected chi connectivity index (χ1v) is 7.81. The molecule has 0 aliphatic carbocycles. The van der Waals surface area contributed by atoms with Crippen LogP contribution in [0.4, 0.5) is 0 Å². The minimum atomic E-state index is -0.743. The Hall–Kier alpha value is -1.33. The smallest absolute Gasteiger partial charge is 0.248 e. The molecule has 1 N–H and O–H groups in total. The molecule has 1 saturated heterocycles. The highest BCUT2D eigenvalue weighted by Crippen LogP contribution is 2.27. The van der Waals surface area contributed by atoms with E-state index in [4.69, 9.17) is 0 Å². The Balaban J connectivity index is 1.71. The molecule has 5 heteroatoms. The molecule has 20 heavy (non-hydrogen) atoms. The van der Waals surface area contributed by atoms with Gasteiger partial charge in [0.15, 0.2) is 0 Å². The fourth-order valence-corrected chi connectivity index (χ4v) is 3.62. The number of hydrogen-bond acceptors (Lipinski definition) is 4. The summed E-state index contributed by atoms with van der Waals surface area (Å²) in [5, 5.41) is 10.9. The van der Waals surface area contributed by atoms with Crippen LogP contribution >= 0.6 is 11.8 Å². The molecule has 2 aliphatic heterocycles. The number of aliphatic imine (C=N–C) groups is 1. The van der Waals surface area contributed by atoms with Gasteiger partial charge < -0.3 is 10.0 Å². The zero-order valence-corrected chi connectivity index (χ0v) is 12.3. The number of rotatable bonds is 2. The van der Waals surface area contributed by atoms with Gasteiger partial charge in [0.1, 0.15) is 6.04 Å². The van der Waals surface area contributed by atoms with Gasteiger partial charge in [-0.3, -0.25) is 9.79 Å². The van der Waals surface area contributed by atoms with Gasteiger partial charge >= 0.3 is 0 Å². The minimum absolute atomic E-state index is 0.0428. The molecular weight excluding hydrogens is 272 g/mol. The Labute approximate surface area is 122 Å². The molecule has 0 bridgehead atoms. The van der Waals surface area contributed by atoms with Crippen LogP contribution in [0.3, 0.4) is 0 Å². The van der Waals surface area contributed by atoms with E-state index in [1.165, 1.54) is 0 Å². The summed E-state index contributed by atoms with van der Waals surface area (Å²) < 4.78 is 0. The number of likely N-dealkylation sites (tertiary alicyclic amines) is 1. The molecule has 0 aromatic heterocycles. The first kappa shape index (κ1) is 13.6. The van der Waals surface area contributed by atoms with Crippen LogP contribution in [0.1, 0.15) is 18.9 Å². The first-order valence-electron chi connectivity index (χ1n) is 6.82. The second kappa shape index (κ2) is 5.22. The van der Waals surface area contributed by atoms with E-state index in [0.29, 0.717) is 25.3 Å². The maximum absolute atomic E-state index is 12.4. The van der Waals surface area contributed by atoms with Crippen molar-refractivity contribution in [3.8, 4) is 0 Å². The SMILES string of the molecule is CC1(O)CCN(C(=O)C2CSC(c3ccccc3)=N2)C1. The van der Waals surface area contributed by atoms with Crippen molar-refractivity contribution in [2.75, 3.05) is 18.8 Å². The zero-order valence-electron chi connectivity index (χ0n) is 11.5. The van der Waals surface area contributed by atoms with E-state index in [0.717, 1.165) is 10.6 Å². The molecule has 1 amide bonds. The molecule has 2 heterocycles. The summed E-state index contributed by atoms with van der Waals surface area (Å²) in [6.07, 6.45) is 0.647. The summed E-state index contributed by atoms with van der Waals surface area (Å²) in [6.45, 7) is 2.83. The van der Waals surface area contributed by atoms with Crippen LogP contribution in [-0.4, -0.2) is 51.4 Å². The zero-order chi connectivity index (χ0) is 14.2. The van der Waals surface area contributed by atoms with Crippen molar-refractivity contribution in [3.05, 3.63) is 35.9 Å². The average molecular weight is 290 g/mol. The lowest BCUT2D eigenvalue weighted by Gasteiger charge is -2.20. The first-order chi connectivity index (χ1) is 9.55. The summed E-state index contributed by atoms with van der Waals surface area (Å²) in [5.41, 5.74) is 0.328. The third-order valence-electron chi connectivity index (χ3n) is 3.72. The second-order valence-electron chi connectivity index (χ2n) is 5.63. The lowest BCUT2D eigenvalue weighted by molar-refractivity contribution is -0.131. The van der Waals surface area contributed by atoms with E-state index in [2.05, 4.69) is 4.99 Å². The number of thioether (sulfide) groups is 1. The molecule has 0 radical (unpaired) electrons. The Morgan fingerprint density at radius 2 is 2.20 bits per heavy atom. The molecule has 1 aromatic carbocycles. The van der Waals surface area contributed by atoms with E-state index in [9.17, 15) is 9.90 Å². The quantitative estimate of drug-likeness (QED) is 0.899. The lowest BCUT2D eigenvalue weighted by Crippen LogP contribution is -2.39. The Bertz CT molecular complexity index is 542. The van der Waals surface area contributed by atoms with Crippen LogP contribution in [0.25, 0.3) is 0 Å². The molecule has 0 saturated carbocycles. The van der Waals surface area contributed by atoms with E-state index >= 15 is 0 Å². The van der Waals surface area contributed by atoms with Gasteiger partial charge in [0.25, 0.3) is 0 Å². The fraction of sp³-hybridized carbons (Fsp3) is 0.467. The number of benzene rings is 1. The third-order valence-corrected chi connectivity index (χ3v) is 4.82. The van der Waals surface area contributed by atoms with Crippen LogP contribution in [0.5, 0.6) is 0 Å². The highest BCUT2D eigenvalue weighted by molar-refractivity contribution is 8.14. The molecule has 4 nitrogen and oxygen atoms in total. The summed E-state index contributed by atoms with van der Waals surface area (Å²) in [6, 6.07) is 9.65. The highest BCUT2D eigenvalue weighted by Gasteiger charge is 2.37. The van der Waals surface area contributed by atoms with E-state index < -0.39 is 5.60 Å². The normalized spacial score (nSPS) is 29.6. The molecule has 2 atom stereocenters. The Morgan fingerprint density at radius 1 is 1.45 bits per heavy atom. The topological polar surface area (TPSA) is 52.9 Å². The number of aliphatic hydroxyl groups is 1. The van der Waals surface area contributed by atoms with Crippen molar-refractivity contribution < 1.29 is 9.90 Å². The molecule has 1 fully saturated rings. The van der Waals surface area contributed by atoms with Crippen LogP contribution in [0.2, 0.25) is 0 Å². The van der Waals surface area contributed by atoms with Gasteiger partial charge in [-0.15, -0.1) is 11.8 Å². The number of carbonyl (C=O) groups excluding carboxylic acids is 1. The van der Waals surface area contributed by atoms with E-state index in [1.807, 2.05) is 30.3 Å². The predicted octanol–water partition coefficient (Wildman–Crippen LogP) is 1.53. The van der Waals surface area contributed by atoms with Crippen LogP contribution < -0.4 is 0 Å². The molecule has 106 valence electrons. The summed E-state index contributed by atoms with van der Waals surface area (Å²) in [5.74, 6) is 0.739. The van der Waals surface area contributed by atoms with Gasteiger partial charge in [0.05, 0.1) is 10.6 Å². The fourth-order valence-electron chi connectivity index (χ4n) is 2.58. The van der Waals surface area contributed by atoms with Crippen molar-refractivity contribution in [2.45, 2.75) is 25.0 Å². The maximum Gasteiger partial charge on any atom is 0.248 e. The minimum Gasteiger partial charge on any atom is -0.388 e. The summed E-state index contributed by atoms with van der Waals surface area (Å²) in [4.78, 5) is 18.7. The molecule has 2 unspecified atom stereocenters. The van der Waals surface area contributed by atoms with Gasteiger partial charge in [0.2, 0.25) is 5.91 Å². The van der Waals surface area contributed by atoms with Crippen molar-refractivity contribution in [3.63, 3.8) is 0 Å².